The van der Waals surface area contributed by atoms with E-state index in [4.69, 9.17) is 23.1 Å². The summed E-state index contributed by atoms with van der Waals surface area (Å²) >= 11 is 6.13. The van der Waals surface area contributed by atoms with E-state index in [0.717, 1.165) is 16.6 Å². The van der Waals surface area contributed by atoms with Crippen LogP contribution >= 0.6 is 11.6 Å². The van der Waals surface area contributed by atoms with Crippen LogP contribution in [0.15, 0.2) is 42.9 Å². The van der Waals surface area contributed by atoms with Crippen molar-refractivity contribution in [3.63, 3.8) is 0 Å². The van der Waals surface area contributed by atoms with Gasteiger partial charge < -0.3 is 16.8 Å². The quantitative estimate of drug-likeness (QED) is 0.439. The fourth-order valence-electron chi connectivity index (χ4n) is 3.14. The molecule has 0 radical (unpaired) electrons. The van der Waals surface area contributed by atoms with E-state index in [-0.39, 0.29) is 29.2 Å². The number of anilines is 3. The normalized spacial score (nSPS) is 11.9. The second kappa shape index (κ2) is 7.26. The van der Waals surface area contributed by atoms with Crippen LogP contribution in [-0.2, 0) is 0 Å². The zero-order chi connectivity index (χ0) is 20.5. The molecule has 0 aliphatic carbocycles. The molecule has 4 aromatic heterocycles. The first-order chi connectivity index (χ1) is 14.0. The Morgan fingerprint density at radius 1 is 1.21 bits per heavy atom. The van der Waals surface area contributed by atoms with Gasteiger partial charge in [-0.1, -0.05) is 11.6 Å². The lowest BCUT2D eigenvalue weighted by atomic mass is 10.1. The first-order valence-corrected chi connectivity index (χ1v) is 9.03. The molecule has 9 nitrogen and oxygen atoms in total. The van der Waals surface area contributed by atoms with Gasteiger partial charge in [-0.25, -0.2) is 4.98 Å². The van der Waals surface area contributed by atoms with E-state index in [9.17, 15) is 5.26 Å². The van der Waals surface area contributed by atoms with Gasteiger partial charge in [0, 0.05) is 23.3 Å². The first kappa shape index (κ1) is 18.5. The van der Waals surface area contributed by atoms with Crippen LogP contribution in [0.4, 0.5) is 17.6 Å². The number of fused-ring (bicyclic) bond motifs is 1. The van der Waals surface area contributed by atoms with Crippen molar-refractivity contribution in [2.75, 3.05) is 16.8 Å². The maximum Gasteiger partial charge on any atom is 0.224 e. The Morgan fingerprint density at radius 2 is 2.03 bits per heavy atom. The minimum Gasteiger partial charge on any atom is -0.382 e. The largest absolute Gasteiger partial charge is 0.382 e. The topological polar surface area (TPSA) is 144 Å². The number of nitrogen functional groups attached to an aromatic ring is 2. The highest BCUT2D eigenvalue weighted by atomic mass is 35.5. The van der Waals surface area contributed by atoms with Crippen molar-refractivity contribution >= 4 is 40.2 Å². The summed E-state index contributed by atoms with van der Waals surface area (Å²) in [7, 11) is 0. The van der Waals surface area contributed by atoms with Crippen molar-refractivity contribution < 1.29 is 0 Å². The van der Waals surface area contributed by atoms with Crippen LogP contribution in [-0.4, -0.2) is 24.5 Å². The van der Waals surface area contributed by atoms with Crippen LogP contribution in [0.3, 0.4) is 0 Å². The average molecular weight is 406 g/mol. The van der Waals surface area contributed by atoms with Crippen LogP contribution in [0.2, 0.25) is 5.15 Å². The Bertz CT molecular complexity index is 1240. The molecular weight excluding hydrogens is 390 g/mol. The summed E-state index contributed by atoms with van der Waals surface area (Å²) in [4.78, 5) is 16.6. The number of hydrogen-bond donors (Lipinski definition) is 3. The predicted molar refractivity (Wildman–Crippen MR) is 111 cm³/mol. The van der Waals surface area contributed by atoms with E-state index in [1.165, 1.54) is 0 Å². The Balaban J connectivity index is 1.82. The highest BCUT2D eigenvalue weighted by molar-refractivity contribution is 6.29. The van der Waals surface area contributed by atoms with Crippen LogP contribution in [0.1, 0.15) is 24.1 Å². The SMILES string of the molecule is C[C@H](Nc1nc(N)nc(N)c1C#N)c1cn(-c2cccnc2)c2nc(Cl)ccc12. The smallest absolute Gasteiger partial charge is 0.224 e. The highest BCUT2D eigenvalue weighted by Crippen LogP contribution is 2.31. The summed E-state index contributed by atoms with van der Waals surface area (Å²) in [6.07, 6.45) is 5.39. The monoisotopic (exact) mass is 405 g/mol. The summed E-state index contributed by atoms with van der Waals surface area (Å²) < 4.78 is 1.91. The highest BCUT2D eigenvalue weighted by Gasteiger charge is 2.19. The number of nitrogens with two attached hydrogens (primary N) is 2. The molecule has 4 rings (SSSR count). The molecule has 0 spiro atoms. The van der Waals surface area contributed by atoms with Crippen LogP contribution < -0.4 is 16.8 Å². The number of aromatic nitrogens is 5. The van der Waals surface area contributed by atoms with Crippen molar-refractivity contribution in [2.24, 2.45) is 0 Å². The summed E-state index contributed by atoms with van der Waals surface area (Å²) in [5, 5.41) is 13.9. The van der Waals surface area contributed by atoms with Crippen molar-refractivity contribution in [3.05, 3.63) is 59.1 Å². The number of rotatable bonds is 4. The number of hydrogen-bond acceptors (Lipinski definition) is 8. The standard InChI is InChI=1S/C19H16ClN9/c1-10(25-17-13(7-21)16(22)27-19(23)28-17)14-9-29(11-3-2-6-24-8-11)18-12(14)4-5-15(20)26-18/h2-6,8-10H,1H3,(H5,22,23,25,27,28)/t10-/m0/s1. The van der Waals surface area contributed by atoms with E-state index in [0.29, 0.717) is 10.8 Å². The maximum atomic E-state index is 9.40. The predicted octanol–water partition coefficient (Wildman–Crippen LogP) is 3.07. The van der Waals surface area contributed by atoms with Gasteiger partial charge in [0.2, 0.25) is 5.95 Å². The minimum atomic E-state index is -0.251. The van der Waals surface area contributed by atoms with Gasteiger partial charge in [-0.2, -0.15) is 15.2 Å². The molecule has 29 heavy (non-hydrogen) atoms. The molecule has 0 bridgehead atoms. The van der Waals surface area contributed by atoms with E-state index in [2.05, 4.69) is 25.3 Å². The molecule has 0 aliphatic heterocycles. The van der Waals surface area contributed by atoms with Crippen molar-refractivity contribution in [1.29, 1.82) is 5.26 Å². The van der Waals surface area contributed by atoms with Gasteiger partial charge in [0.05, 0.1) is 17.9 Å². The van der Waals surface area contributed by atoms with E-state index in [1.807, 2.05) is 42.0 Å². The Labute approximate surface area is 171 Å². The molecular formula is C19H16ClN9. The van der Waals surface area contributed by atoms with Crippen molar-refractivity contribution in [1.82, 2.24) is 24.5 Å². The second-order valence-corrected chi connectivity index (χ2v) is 6.73. The number of halogens is 1. The summed E-state index contributed by atoms with van der Waals surface area (Å²) in [5.74, 6) is 0.289. The third-order valence-corrected chi connectivity index (χ3v) is 4.67. The maximum absolute atomic E-state index is 9.40. The molecule has 0 unspecified atom stereocenters. The molecule has 0 saturated carbocycles. The number of pyridine rings is 2. The number of nitrogens with one attached hydrogen (secondary N) is 1. The third kappa shape index (κ3) is 3.37. The van der Waals surface area contributed by atoms with Crippen LogP contribution in [0.5, 0.6) is 0 Å². The van der Waals surface area contributed by atoms with Crippen molar-refractivity contribution in [3.8, 4) is 11.8 Å². The zero-order valence-electron chi connectivity index (χ0n) is 15.3. The zero-order valence-corrected chi connectivity index (χ0v) is 16.1. The average Bonchev–Trinajstić information content (AvgIpc) is 3.07. The van der Waals surface area contributed by atoms with Gasteiger partial charge in [0.15, 0.2) is 5.82 Å². The minimum absolute atomic E-state index is 0.0116. The second-order valence-electron chi connectivity index (χ2n) is 6.34. The molecule has 0 amide bonds. The molecule has 4 aromatic rings. The van der Waals surface area contributed by atoms with E-state index >= 15 is 0 Å². The fraction of sp³-hybridized carbons (Fsp3) is 0.105. The Hall–Kier alpha value is -3.90. The molecule has 0 aromatic carbocycles. The van der Waals surface area contributed by atoms with Gasteiger partial charge in [-0.3, -0.25) is 9.55 Å². The molecule has 144 valence electrons. The van der Waals surface area contributed by atoms with Gasteiger partial charge in [0.25, 0.3) is 0 Å². The lowest BCUT2D eigenvalue weighted by Gasteiger charge is -2.15. The van der Waals surface area contributed by atoms with E-state index in [1.54, 1.807) is 18.5 Å². The first-order valence-electron chi connectivity index (χ1n) is 8.65. The number of nitriles is 1. The summed E-state index contributed by atoms with van der Waals surface area (Å²) in [6.45, 7) is 1.94. The van der Waals surface area contributed by atoms with Crippen LogP contribution in [0, 0.1) is 11.3 Å². The lowest BCUT2D eigenvalue weighted by Crippen LogP contribution is -2.12. The molecule has 0 aliphatic rings. The summed E-state index contributed by atoms with van der Waals surface area (Å²) in [5.41, 5.74) is 14.1. The van der Waals surface area contributed by atoms with Gasteiger partial charge in [0.1, 0.15) is 28.3 Å². The third-order valence-electron chi connectivity index (χ3n) is 4.46. The van der Waals surface area contributed by atoms with Crippen LogP contribution in [0.25, 0.3) is 16.7 Å². The lowest BCUT2D eigenvalue weighted by molar-refractivity contribution is 0.874. The molecule has 10 heteroatoms. The molecule has 0 fully saturated rings. The van der Waals surface area contributed by atoms with Crippen molar-refractivity contribution in [2.45, 2.75) is 13.0 Å². The Morgan fingerprint density at radius 3 is 2.76 bits per heavy atom. The number of nitrogens with zero attached hydrogens (tertiary/aromatic N) is 6. The molecule has 5 N–H and O–H groups in total. The van der Waals surface area contributed by atoms with Gasteiger partial charge >= 0.3 is 0 Å². The van der Waals surface area contributed by atoms with Gasteiger partial charge in [-0.05, 0) is 31.2 Å². The Kier molecular flexibility index (Phi) is 4.62. The fourth-order valence-corrected chi connectivity index (χ4v) is 3.28. The molecule has 0 saturated heterocycles. The molecule has 4 heterocycles. The summed E-state index contributed by atoms with van der Waals surface area (Å²) in [6, 6.07) is 9.17. The van der Waals surface area contributed by atoms with Gasteiger partial charge in [-0.15, -0.1) is 0 Å². The molecule has 1 atom stereocenters. The van der Waals surface area contributed by atoms with E-state index < -0.39 is 0 Å².